The van der Waals surface area contributed by atoms with Gasteiger partial charge in [0.25, 0.3) is 0 Å². The summed E-state index contributed by atoms with van der Waals surface area (Å²) in [4.78, 5) is 9.84. The standard InChI is InChI=1S/C19H21N3O/c1-2-6-16-13-22(12-15(16)5-1)9-3-4-10-23-17-7-8-18-19(11-17)21-14-20-18/h1-2,5-8,11,14H,3-4,9-10,12-13H2,(H,20,21). The van der Waals surface area contributed by atoms with Gasteiger partial charge in [0.1, 0.15) is 5.75 Å². The second kappa shape index (κ2) is 6.42. The highest BCUT2D eigenvalue weighted by Crippen LogP contribution is 2.22. The second-order valence-electron chi connectivity index (χ2n) is 6.12. The minimum atomic E-state index is 0.764. The van der Waals surface area contributed by atoms with E-state index in [-0.39, 0.29) is 0 Å². The molecule has 0 aliphatic carbocycles. The number of hydrogen-bond donors (Lipinski definition) is 1. The number of unbranched alkanes of at least 4 members (excludes halogenated alkanes) is 1. The van der Waals surface area contributed by atoms with Crippen molar-refractivity contribution in [3.8, 4) is 5.75 Å². The number of ether oxygens (including phenoxy) is 1. The zero-order chi connectivity index (χ0) is 15.5. The summed E-state index contributed by atoms with van der Waals surface area (Å²) < 4.78 is 5.84. The van der Waals surface area contributed by atoms with Crippen molar-refractivity contribution in [2.75, 3.05) is 13.2 Å². The molecule has 1 aromatic heterocycles. The minimum Gasteiger partial charge on any atom is -0.494 e. The van der Waals surface area contributed by atoms with E-state index in [4.69, 9.17) is 4.74 Å². The Morgan fingerprint density at radius 3 is 2.70 bits per heavy atom. The zero-order valence-corrected chi connectivity index (χ0v) is 13.2. The number of hydrogen-bond acceptors (Lipinski definition) is 3. The van der Waals surface area contributed by atoms with E-state index in [1.165, 1.54) is 17.5 Å². The average molecular weight is 307 g/mol. The molecule has 0 unspecified atom stereocenters. The molecule has 4 rings (SSSR count). The third-order valence-electron chi connectivity index (χ3n) is 4.44. The lowest BCUT2D eigenvalue weighted by Crippen LogP contribution is -2.18. The Morgan fingerprint density at radius 2 is 1.87 bits per heavy atom. The first kappa shape index (κ1) is 14.3. The number of rotatable bonds is 6. The van der Waals surface area contributed by atoms with E-state index in [1.807, 2.05) is 18.2 Å². The van der Waals surface area contributed by atoms with Crippen LogP contribution in [-0.4, -0.2) is 28.0 Å². The lowest BCUT2D eigenvalue weighted by Gasteiger charge is -2.14. The van der Waals surface area contributed by atoms with Gasteiger partial charge >= 0.3 is 0 Å². The summed E-state index contributed by atoms with van der Waals surface area (Å²) in [5, 5.41) is 0. The van der Waals surface area contributed by atoms with Crippen LogP contribution in [0.3, 0.4) is 0 Å². The van der Waals surface area contributed by atoms with Crippen LogP contribution in [0, 0.1) is 0 Å². The maximum Gasteiger partial charge on any atom is 0.121 e. The third-order valence-corrected chi connectivity index (χ3v) is 4.44. The molecule has 1 aliphatic heterocycles. The molecule has 0 saturated carbocycles. The van der Waals surface area contributed by atoms with Crippen LogP contribution in [0.25, 0.3) is 11.0 Å². The largest absolute Gasteiger partial charge is 0.494 e. The lowest BCUT2D eigenvalue weighted by atomic mass is 10.1. The van der Waals surface area contributed by atoms with Gasteiger partial charge in [-0.25, -0.2) is 4.98 Å². The van der Waals surface area contributed by atoms with Gasteiger partial charge in [0.2, 0.25) is 0 Å². The summed E-state index contributed by atoms with van der Waals surface area (Å²) in [6.45, 7) is 4.08. The molecule has 4 heteroatoms. The Morgan fingerprint density at radius 1 is 1.04 bits per heavy atom. The predicted octanol–water partition coefficient (Wildman–Crippen LogP) is 3.74. The van der Waals surface area contributed by atoms with Crippen molar-refractivity contribution in [3.63, 3.8) is 0 Å². The molecule has 4 nitrogen and oxygen atoms in total. The Kier molecular flexibility index (Phi) is 3.99. The molecule has 118 valence electrons. The smallest absolute Gasteiger partial charge is 0.121 e. The summed E-state index contributed by atoms with van der Waals surface area (Å²) in [5.41, 5.74) is 4.97. The lowest BCUT2D eigenvalue weighted by molar-refractivity contribution is 0.254. The van der Waals surface area contributed by atoms with E-state index in [0.717, 1.165) is 49.4 Å². The van der Waals surface area contributed by atoms with Crippen LogP contribution in [0.15, 0.2) is 48.8 Å². The van der Waals surface area contributed by atoms with Crippen molar-refractivity contribution in [3.05, 3.63) is 59.9 Å². The van der Waals surface area contributed by atoms with E-state index >= 15 is 0 Å². The highest BCUT2D eigenvalue weighted by Gasteiger charge is 2.17. The molecule has 2 aromatic carbocycles. The maximum atomic E-state index is 5.84. The van der Waals surface area contributed by atoms with Crippen LogP contribution < -0.4 is 4.74 Å². The normalized spacial score (nSPS) is 14.3. The highest BCUT2D eigenvalue weighted by molar-refractivity contribution is 5.75. The van der Waals surface area contributed by atoms with Crippen molar-refractivity contribution in [1.29, 1.82) is 0 Å². The van der Waals surface area contributed by atoms with E-state index < -0.39 is 0 Å². The molecule has 0 amide bonds. The Bertz CT molecular complexity index is 771. The predicted molar refractivity (Wildman–Crippen MR) is 91.4 cm³/mol. The molecule has 1 aliphatic rings. The summed E-state index contributed by atoms with van der Waals surface area (Å²) in [6.07, 6.45) is 3.96. The van der Waals surface area contributed by atoms with Crippen molar-refractivity contribution in [2.45, 2.75) is 25.9 Å². The molecule has 23 heavy (non-hydrogen) atoms. The third kappa shape index (κ3) is 3.22. The van der Waals surface area contributed by atoms with Gasteiger partial charge in [0.05, 0.1) is 24.0 Å². The molecule has 2 heterocycles. The summed E-state index contributed by atoms with van der Waals surface area (Å²) in [7, 11) is 0. The summed E-state index contributed by atoms with van der Waals surface area (Å²) in [6, 6.07) is 14.7. The van der Waals surface area contributed by atoms with Crippen molar-refractivity contribution in [2.24, 2.45) is 0 Å². The van der Waals surface area contributed by atoms with Gasteiger partial charge in [0, 0.05) is 19.2 Å². The molecule has 0 spiro atoms. The van der Waals surface area contributed by atoms with Gasteiger partial charge in [-0.3, -0.25) is 4.90 Å². The number of benzene rings is 2. The SMILES string of the molecule is c1ccc2c(c1)CN(CCCCOc1ccc3nc[nH]c3c1)C2. The molecule has 1 N–H and O–H groups in total. The number of H-pyrrole nitrogens is 1. The molecule has 0 fully saturated rings. The quantitative estimate of drug-likeness (QED) is 0.705. The zero-order valence-electron chi connectivity index (χ0n) is 13.2. The number of aromatic nitrogens is 2. The first-order chi connectivity index (χ1) is 11.4. The van der Waals surface area contributed by atoms with E-state index in [1.54, 1.807) is 6.33 Å². The van der Waals surface area contributed by atoms with Crippen molar-refractivity contribution in [1.82, 2.24) is 14.9 Å². The van der Waals surface area contributed by atoms with Crippen molar-refractivity contribution < 1.29 is 4.74 Å². The average Bonchev–Trinajstić information content (AvgIpc) is 3.20. The van der Waals surface area contributed by atoms with Gasteiger partial charge in [0.15, 0.2) is 0 Å². The molecule has 0 saturated heterocycles. The van der Waals surface area contributed by atoms with Gasteiger partial charge in [-0.15, -0.1) is 0 Å². The van der Waals surface area contributed by atoms with Crippen LogP contribution >= 0.6 is 0 Å². The number of nitrogens with one attached hydrogen (secondary N) is 1. The fraction of sp³-hybridized carbons (Fsp3) is 0.316. The Balaban J connectivity index is 1.19. The topological polar surface area (TPSA) is 41.1 Å². The molecule has 3 aromatic rings. The molecule has 0 radical (unpaired) electrons. The number of imidazole rings is 1. The Labute approximate surface area is 136 Å². The second-order valence-corrected chi connectivity index (χ2v) is 6.12. The van der Waals surface area contributed by atoms with Gasteiger partial charge < -0.3 is 9.72 Å². The van der Waals surface area contributed by atoms with Crippen molar-refractivity contribution >= 4 is 11.0 Å². The van der Waals surface area contributed by atoms with Crippen LogP contribution in [0.5, 0.6) is 5.75 Å². The molecular weight excluding hydrogens is 286 g/mol. The minimum absolute atomic E-state index is 0.764. The van der Waals surface area contributed by atoms with E-state index in [9.17, 15) is 0 Å². The number of fused-ring (bicyclic) bond motifs is 2. The van der Waals surface area contributed by atoms with Crippen LogP contribution in [0.2, 0.25) is 0 Å². The summed E-state index contributed by atoms with van der Waals surface area (Å²) in [5.74, 6) is 0.912. The number of nitrogens with zero attached hydrogens (tertiary/aromatic N) is 2. The monoisotopic (exact) mass is 307 g/mol. The van der Waals surface area contributed by atoms with Crippen LogP contribution in [-0.2, 0) is 13.1 Å². The fourth-order valence-corrected chi connectivity index (χ4v) is 3.19. The van der Waals surface area contributed by atoms with Gasteiger partial charge in [-0.1, -0.05) is 24.3 Å². The first-order valence-corrected chi connectivity index (χ1v) is 8.23. The molecular formula is C19H21N3O. The number of aromatic amines is 1. The highest BCUT2D eigenvalue weighted by atomic mass is 16.5. The van der Waals surface area contributed by atoms with E-state index in [0.29, 0.717) is 0 Å². The maximum absolute atomic E-state index is 5.84. The first-order valence-electron chi connectivity index (χ1n) is 8.23. The van der Waals surface area contributed by atoms with Gasteiger partial charge in [-0.05, 0) is 42.6 Å². The Hall–Kier alpha value is -2.33. The van der Waals surface area contributed by atoms with E-state index in [2.05, 4.69) is 39.1 Å². The van der Waals surface area contributed by atoms with Crippen LogP contribution in [0.1, 0.15) is 24.0 Å². The summed E-state index contributed by atoms with van der Waals surface area (Å²) >= 11 is 0. The molecule has 0 bridgehead atoms. The fourth-order valence-electron chi connectivity index (χ4n) is 3.19. The van der Waals surface area contributed by atoms with Crippen LogP contribution in [0.4, 0.5) is 0 Å². The van der Waals surface area contributed by atoms with Gasteiger partial charge in [-0.2, -0.15) is 0 Å². The molecule has 0 atom stereocenters.